The fraction of sp³-hybridized carbons (Fsp3) is 0.333. The molecule has 0 fully saturated rings. The molecule has 0 bridgehead atoms. The second-order valence-corrected chi connectivity index (χ2v) is 5.05. The number of nitrogens with one attached hydrogen (secondary N) is 1. The summed E-state index contributed by atoms with van der Waals surface area (Å²) in [6, 6.07) is 7.72. The van der Waals surface area contributed by atoms with Crippen LogP contribution in [0.25, 0.3) is 10.6 Å². The van der Waals surface area contributed by atoms with Gasteiger partial charge in [0.05, 0.1) is 5.02 Å². The van der Waals surface area contributed by atoms with E-state index in [1.165, 1.54) is 0 Å². The molecule has 0 aliphatic rings. The van der Waals surface area contributed by atoms with Crippen LogP contribution < -0.4 is 5.32 Å². The first kappa shape index (κ1) is 12.5. The maximum atomic E-state index is 6.12. The van der Waals surface area contributed by atoms with Gasteiger partial charge in [-0.3, -0.25) is 0 Å². The number of hydrogen-bond acceptors (Lipinski definition) is 4. The van der Waals surface area contributed by atoms with E-state index in [-0.39, 0.29) is 0 Å². The van der Waals surface area contributed by atoms with Crippen molar-refractivity contribution in [3.8, 4) is 10.6 Å². The lowest BCUT2D eigenvalue weighted by molar-refractivity contribution is 0.710. The van der Waals surface area contributed by atoms with Gasteiger partial charge in [-0.1, -0.05) is 48.1 Å². The molecule has 0 spiro atoms. The second-order valence-electron chi connectivity index (χ2n) is 3.58. The lowest BCUT2D eigenvalue weighted by Crippen LogP contribution is -2.15. The first-order chi connectivity index (χ1) is 8.31. The van der Waals surface area contributed by atoms with Crippen molar-refractivity contribution >= 4 is 22.9 Å². The molecular weight excluding hydrogens is 254 g/mol. The molecule has 0 amide bonds. The van der Waals surface area contributed by atoms with Crippen LogP contribution in [0.3, 0.4) is 0 Å². The van der Waals surface area contributed by atoms with Crippen LogP contribution in [0.4, 0.5) is 0 Å². The van der Waals surface area contributed by atoms with Crippen LogP contribution >= 0.6 is 22.9 Å². The Morgan fingerprint density at radius 1 is 1.29 bits per heavy atom. The van der Waals surface area contributed by atoms with Gasteiger partial charge < -0.3 is 5.32 Å². The monoisotopic (exact) mass is 267 g/mol. The van der Waals surface area contributed by atoms with Crippen molar-refractivity contribution in [2.75, 3.05) is 13.1 Å². The van der Waals surface area contributed by atoms with Crippen LogP contribution in [-0.4, -0.2) is 23.3 Å². The highest BCUT2D eigenvalue weighted by Crippen LogP contribution is 2.29. The molecule has 2 rings (SSSR count). The minimum absolute atomic E-state index is 0.724. The van der Waals surface area contributed by atoms with Crippen molar-refractivity contribution in [2.45, 2.75) is 13.3 Å². The number of aromatic nitrogens is 2. The van der Waals surface area contributed by atoms with E-state index in [0.717, 1.165) is 40.1 Å². The van der Waals surface area contributed by atoms with Crippen LogP contribution in [0.2, 0.25) is 5.02 Å². The molecule has 1 N–H and O–H groups in total. The van der Waals surface area contributed by atoms with Gasteiger partial charge in [0.1, 0.15) is 10.0 Å². The van der Waals surface area contributed by atoms with E-state index < -0.39 is 0 Å². The van der Waals surface area contributed by atoms with E-state index in [1.807, 2.05) is 24.3 Å². The highest BCUT2D eigenvalue weighted by atomic mass is 35.5. The fourth-order valence-electron chi connectivity index (χ4n) is 1.47. The molecule has 17 heavy (non-hydrogen) atoms. The topological polar surface area (TPSA) is 37.8 Å². The SMILES string of the molecule is CCNCCc1nnc(-c2ccccc2Cl)s1. The van der Waals surface area contributed by atoms with Crippen LogP contribution in [0.1, 0.15) is 11.9 Å². The van der Waals surface area contributed by atoms with Crippen LogP contribution in [0.5, 0.6) is 0 Å². The molecule has 0 radical (unpaired) electrons. The highest BCUT2D eigenvalue weighted by molar-refractivity contribution is 7.14. The summed E-state index contributed by atoms with van der Waals surface area (Å²) < 4.78 is 0. The van der Waals surface area contributed by atoms with Gasteiger partial charge in [0.25, 0.3) is 0 Å². The summed E-state index contributed by atoms with van der Waals surface area (Å²) in [6.45, 7) is 4.01. The van der Waals surface area contributed by atoms with E-state index in [1.54, 1.807) is 11.3 Å². The van der Waals surface area contributed by atoms with E-state index >= 15 is 0 Å². The zero-order valence-corrected chi connectivity index (χ0v) is 11.2. The quantitative estimate of drug-likeness (QED) is 0.847. The summed E-state index contributed by atoms with van der Waals surface area (Å²) in [5, 5.41) is 14.3. The summed E-state index contributed by atoms with van der Waals surface area (Å²) in [7, 11) is 0. The summed E-state index contributed by atoms with van der Waals surface area (Å²) in [6.07, 6.45) is 0.913. The third-order valence-corrected chi connectivity index (χ3v) is 3.68. The molecule has 1 aromatic heterocycles. The molecule has 0 saturated carbocycles. The summed E-state index contributed by atoms with van der Waals surface area (Å²) in [4.78, 5) is 0. The first-order valence-corrected chi connectivity index (χ1v) is 6.78. The second kappa shape index (κ2) is 6.10. The average molecular weight is 268 g/mol. The molecule has 2 aromatic rings. The molecule has 0 aliphatic carbocycles. The van der Waals surface area contributed by atoms with Crippen LogP contribution in [0, 0.1) is 0 Å². The maximum absolute atomic E-state index is 6.12. The smallest absolute Gasteiger partial charge is 0.149 e. The number of nitrogens with zero attached hydrogens (tertiary/aromatic N) is 2. The van der Waals surface area contributed by atoms with Crippen molar-refractivity contribution in [2.24, 2.45) is 0 Å². The number of likely N-dealkylation sites (N-methyl/N-ethyl adjacent to an activating group) is 1. The molecule has 3 nitrogen and oxygen atoms in total. The van der Waals surface area contributed by atoms with Crippen LogP contribution in [0.15, 0.2) is 24.3 Å². The van der Waals surface area contributed by atoms with Gasteiger partial charge >= 0.3 is 0 Å². The molecule has 90 valence electrons. The van der Waals surface area contributed by atoms with E-state index in [4.69, 9.17) is 11.6 Å². The molecule has 0 atom stereocenters. The zero-order chi connectivity index (χ0) is 12.1. The zero-order valence-electron chi connectivity index (χ0n) is 9.61. The Morgan fingerprint density at radius 3 is 2.88 bits per heavy atom. The fourth-order valence-corrected chi connectivity index (χ4v) is 2.63. The summed E-state index contributed by atoms with van der Waals surface area (Å²) in [5.74, 6) is 0. The Balaban J connectivity index is 2.10. The minimum Gasteiger partial charge on any atom is -0.317 e. The van der Waals surface area contributed by atoms with Gasteiger partial charge in [0.2, 0.25) is 0 Å². The Bertz CT molecular complexity index is 484. The van der Waals surface area contributed by atoms with Gasteiger partial charge in [0, 0.05) is 18.5 Å². The van der Waals surface area contributed by atoms with Crippen molar-refractivity contribution in [3.05, 3.63) is 34.3 Å². The first-order valence-electron chi connectivity index (χ1n) is 5.59. The summed E-state index contributed by atoms with van der Waals surface area (Å²) in [5.41, 5.74) is 0.960. The summed E-state index contributed by atoms with van der Waals surface area (Å²) >= 11 is 7.73. The largest absolute Gasteiger partial charge is 0.317 e. The van der Waals surface area contributed by atoms with Crippen molar-refractivity contribution in [1.29, 1.82) is 0 Å². The van der Waals surface area contributed by atoms with Crippen LogP contribution in [-0.2, 0) is 6.42 Å². The predicted octanol–water partition coefficient (Wildman–Crippen LogP) is 3.01. The minimum atomic E-state index is 0.724. The molecule has 0 unspecified atom stereocenters. The number of halogens is 1. The lowest BCUT2D eigenvalue weighted by Gasteiger charge is -1.97. The van der Waals surface area contributed by atoms with Gasteiger partial charge in [0.15, 0.2) is 0 Å². The van der Waals surface area contributed by atoms with Gasteiger partial charge in [-0.2, -0.15) is 0 Å². The van der Waals surface area contributed by atoms with Gasteiger partial charge in [-0.25, -0.2) is 0 Å². The maximum Gasteiger partial charge on any atom is 0.149 e. The van der Waals surface area contributed by atoms with Crippen molar-refractivity contribution in [3.63, 3.8) is 0 Å². The third-order valence-electron chi connectivity index (χ3n) is 2.34. The van der Waals surface area contributed by atoms with Gasteiger partial charge in [-0.05, 0) is 12.6 Å². The van der Waals surface area contributed by atoms with Gasteiger partial charge in [-0.15, -0.1) is 10.2 Å². The third kappa shape index (κ3) is 3.25. The Morgan fingerprint density at radius 2 is 2.12 bits per heavy atom. The highest BCUT2D eigenvalue weighted by Gasteiger charge is 2.08. The lowest BCUT2D eigenvalue weighted by atomic mass is 10.2. The van der Waals surface area contributed by atoms with E-state index in [9.17, 15) is 0 Å². The Hall–Kier alpha value is -0.970. The molecule has 0 saturated heterocycles. The number of hydrogen-bond donors (Lipinski definition) is 1. The Kier molecular flexibility index (Phi) is 4.48. The number of benzene rings is 1. The van der Waals surface area contributed by atoms with Crippen molar-refractivity contribution < 1.29 is 0 Å². The van der Waals surface area contributed by atoms with Crippen molar-refractivity contribution in [1.82, 2.24) is 15.5 Å². The number of rotatable bonds is 5. The predicted molar refractivity (Wildman–Crippen MR) is 72.6 cm³/mol. The molecule has 0 aliphatic heterocycles. The molecule has 5 heteroatoms. The molecule has 1 heterocycles. The van der Waals surface area contributed by atoms with E-state index in [0.29, 0.717) is 0 Å². The standard InChI is InChI=1S/C12H14ClN3S/c1-2-14-8-7-11-15-16-12(17-11)9-5-3-4-6-10(9)13/h3-6,14H,2,7-8H2,1H3. The molecular formula is C12H14ClN3S. The average Bonchev–Trinajstić information content (AvgIpc) is 2.79. The Labute approximate surface area is 110 Å². The normalized spacial score (nSPS) is 10.7. The molecule has 1 aromatic carbocycles. The van der Waals surface area contributed by atoms with E-state index in [2.05, 4.69) is 22.4 Å².